The SMILES string of the molecule is Cc1ccc(S(=O)(=O)NCc2ccc(CN3CCN(C)CC3)cc2)c2cccnc12. The molecular weight excluding hydrogens is 396 g/mol. The fraction of sp³-hybridized carbons (Fsp3) is 0.348. The van der Waals surface area contributed by atoms with Crippen molar-refractivity contribution in [2.45, 2.75) is 24.9 Å². The van der Waals surface area contributed by atoms with Gasteiger partial charge >= 0.3 is 0 Å². The summed E-state index contributed by atoms with van der Waals surface area (Å²) in [6, 6.07) is 15.2. The van der Waals surface area contributed by atoms with Crippen molar-refractivity contribution in [3.8, 4) is 0 Å². The molecule has 30 heavy (non-hydrogen) atoms. The van der Waals surface area contributed by atoms with Crippen LogP contribution in [0.3, 0.4) is 0 Å². The van der Waals surface area contributed by atoms with Crippen LogP contribution in [0, 0.1) is 6.92 Å². The molecule has 1 N–H and O–H groups in total. The average molecular weight is 425 g/mol. The maximum absolute atomic E-state index is 12.9. The average Bonchev–Trinajstić information content (AvgIpc) is 2.75. The molecule has 1 aliphatic rings. The minimum absolute atomic E-state index is 0.257. The zero-order chi connectivity index (χ0) is 21.1. The number of hydrogen-bond acceptors (Lipinski definition) is 5. The van der Waals surface area contributed by atoms with Crippen LogP contribution in [0.5, 0.6) is 0 Å². The maximum Gasteiger partial charge on any atom is 0.241 e. The number of piperazine rings is 1. The van der Waals surface area contributed by atoms with E-state index in [1.54, 1.807) is 30.5 Å². The van der Waals surface area contributed by atoms with Crippen LogP contribution in [-0.4, -0.2) is 56.4 Å². The molecular formula is C23H28N4O2S. The lowest BCUT2D eigenvalue weighted by molar-refractivity contribution is 0.148. The molecule has 3 aromatic rings. The number of sulfonamides is 1. The highest BCUT2D eigenvalue weighted by Gasteiger charge is 2.18. The second kappa shape index (κ2) is 8.81. The lowest BCUT2D eigenvalue weighted by Gasteiger charge is -2.32. The third kappa shape index (κ3) is 4.70. The summed E-state index contributed by atoms with van der Waals surface area (Å²) in [5, 5.41) is 0.646. The normalized spacial score (nSPS) is 16.2. The number of aryl methyl sites for hydroxylation is 1. The van der Waals surface area contributed by atoms with Gasteiger partial charge in [0.2, 0.25) is 10.0 Å². The highest BCUT2D eigenvalue weighted by atomic mass is 32.2. The second-order valence-electron chi connectivity index (χ2n) is 8.00. The molecule has 0 aliphatic carbocycles. The first kappa shape index (κ1) is 20.9. The molecule has 0 radical (unpaired) electrons. The summed E-state index contributed by atoms with van der Waals surface area (Å²) >= 11 is 0. The van der Waals surface area contributed by atoms with Gasteiger partial charge in [-0.05, 0) is 48.9 Å². The van der Waals surface area contributed by atoms with Crippen molar-refractivity contribution in [1.82, 2.24) is 19.5 Å². The Hall–Kier alpha value is -2.32. The van der Waals surface area contributed by atoms with Crippen LogP contribution in [0.1, 0.15) is 16.7 Å². The molecule has 4 rings (SSSR count). The number of rotatable bonds is 6. The van der Waals surface area contributed by atoms with Crippen molar-refractivity contribution in [2.75, 3.05) is 33.2 Å². The van der Waals surface area contributed by atoms with E-state index in [9.17, 15) is 8.42 Å². The van der Waals surface area contributed by atoms with Gasteiger partial charge in [0, 0.05) is 50.9 Å². The molecule has 7 heteroatoms. The third-order valence-corrected chi connectivity index (χ3v) is 7.17. The monoisotopic (exact) mass is 424 g/mol. The van der Waals surface area contributed by atoms with Crippen molar-refractivity contribution in [3.05, 3.63) is 71.4 Å². The number of fused-ring (bicyclic) bond motifs is 1. The number of hydrogen-bond donors (Lipinski definition) is 1. The molecule has 1 aliphatic heterocycles. The summed E-state index contributed by atoms with van der Waals surface area (Å²) in [6.07, 6.45) is 1.68. The molecule has 0 unspecified atom stereocenters. The third-order valence-electron chi connectivity index (χ3n) is 5.71. The predicted molar refractivity (Wildman–Crippen MR) is 120 cm³/mol. The molecule has 0 amide bonds. The molecule has 1 saturated heterocycles. The fourth-order valence-corrected chi connectivity index (χ4v) is 5.02. The van der Waals surface area contributed by atoms with Crippen LogP contribution >= 0.6 is 0 Å². The molecule has 2 aromatic carbocycles. The minimum atomic E-state index is -3.64. The first-order valence-electron chi connectivity index (χ1n) is 10.2. The summed E-state index contributed by atoms with van der Waals surface area (Å²) in [7, 11) is -1.49. The number of aromatic nitrogens is 1. The Morgan fingerprint density at radius 2 is 1.67 bits per heavy atom. The first-order valence-corrected chi connectivity index (χ1v) is 11.7. The van der Waals surface area contributed by atoms with E-state index in [4.69, 9.17) is 0 Å². The molecule has 0 spiro atoms. The van der Waals surface area contributed by atoms with Crippen molar-refractivity contribution in [3.63, 3.8) is 0 Å². The van der Waals surface area contributed by atoms with Gasteiger partial charge in [-0.3, -0.25) is 9.88 Å². The van der Waals surface area contributed by atoms with Crippen LogP contribution in [0.2, 0.25) is 0 Å². The number of likely N-dealkylation sites (N-methyl/N-ethyl adjacent to an activating group) is 1. The van der Waals surface area contributed by atoms with Crippen LogP contribution in [0.15, 0.2) is 59.6 Å². The summed E-state index contributed by atoms with van der Waals surface area (Å²) in [6.45, 7) is 7.48. The Labute approximate surface area is 178 Å². The van der Waals surface area contributed by atoms with E-state index in [-0.39, 0.29) is 11.4 Å². The molecule has 2 heterocycles. The van der Waals surface area contributed by atoms with E-state index in [0.717, 1.165) is 43.9 Å². The van der Waals surface area contributed by atoms with Crippen molar-refractivity contribution in [1.29, 1.82) is 0 Å². The number of nitrogens with zero attached hydrogens (tertiary/aromatic N) is 3. The highest BCUT2D eigenvalue weighted by molar-refractivity contribution is 7.89. The largest absolute Gasteiger partial charge is 0.304 e. The lowest BCUT2D eigenvalue weighted by atomic mass is 10.1. The quantitative estimate of drug-likeness (QED) is 0.659. The van der Waals surface area contributed by atoms with E-state index < -0.39 is 10.0 Å². The van der Waals surface area contributed by atoms with Gasteiger partial charge in [-0.15, -0.1) is 0 Å². The van der Waals surface area contributed by atoms with E-state index in [1.807, 2.05) is 19.1 Å². The number of pyridine rings is 1. The topological polar surface area (TPSA) is 65.5 Å². The Morgan fingerprint density at radius 3 is 2.40 bits per heavy atom. The van der Waals surface area contributed by atoms with Gasteiger partial charge in [-0.2, -0.15) is 0 Å². The Bertz CT molecular complexity index is 1120. The van der Waals surface area contributed by atoms with Crippen molar-refractivity contribution in [2.24, 2.45) is 0 Å². The first-order chi connectivity index (χ1) is 14.4. The molecule has 158 valence electrons. The van der Waals surface area contributed by atoms with Crippen LogP contribution in [0.25, 0.3) is 10.9 Å². The lowest BCUT2D eigenvalue weighted by Crippen LogP contribution is -2.43. The minimum Gasteiger partial charge on any atom is -0.304 e. The van der Waals surface area contributed by atoms with E-state index in [0.29, 0.717) is 10.9 Å². The molecule has 0 bridgehead atoms. The zero-order valence-electron chi connectivity index (χ0n) is 17.5. The van der Waals surface area contributed by atoms with Gasteiger partial charge in [0.15, 0.2) is 0 Å². The van der Waals surface area contributed by atoms with Crippen LogP contribution in [-0.2, 0) is 23.1 Å². The number of nitrogens with one attached hydrogen (secondary N) is 1. The summed E-state index contributed by atoms with van der Waals surface area (Å²) in [4.78, 5) is 9.40. The van der Waals surface area contributed by atoms with Gasteiger partial charge in [-0.1, -0.05) is 30.3 Å². The van der Waals surface area contributed by atoms with E-state index in [2.05, 4.69) is 38.7 Å². The maximum atomic E-state index is 12.9. The predicted octanol–water partition coefficient (Wildman–Crippen LogP) is 2.77. The zero-order valence-corrected chi connectivity index (χ0v) is 18.3. The van der Waals surface area contributed by atoms with Gasteiger partial charge < -0.3 is 4.90 Å². The highest BCUT2D eigenvalue weighted by Crippen LogP contribution is 2.24. The summed E-state index contributed by atoms with van der Waals surface area (Å²) in [5.41, 5.74) is 3.87. The molecule has 0 atom stereocenters. The molecule has 1 fully saturated rings. The van der Waals surface area contributed by atoms with Gasteiger partial charge in [0.1, 0.15) is 0 Å². The van der Waals surface area contributed by atoms with E-state index >= 15 is 0 Å². The summed E-state index contributed by atoms with van der Waals surface area (Å²) in [5.74, 6) is 0. The molecule has 6 nitrogen and oxygen atoms in total. The van der Waals surface area contributed by atoms with Gasteiger partial charge in [0.05, 0.1) is 10.4 Å². The molecule has 1 aromatic heterocycles. The Kier molecular flexibility index (Phi) is 6.15. The Morgan fingerprint density at radius 1 is 0.967 bits per heavy atom. The van der Waals surface area contributed by atoms with E-state index in [1.165, 1.54) is 5.56 Å². The van der Waals surface area contributed by atoms with Gasteiger partial charge in [-0.25, -0.2) is 13.1 Å². The molecule has 0 saturated carbocycles. The standard InChI is InChI=1S/C23H28N4O2S/c1-18-5-10-22(21-4-3-11-24-23(18)21)30(28,29)25-16-19-6-8-20(9-7-19)17-27-14-12-26(2)13-15-27/h3-11,25H,12-17H2,1-2H3. The fourth-order valence-electron chi connectivity index (χ4n) is 3.80. The smallest absolute Gasteiger partial charge is 0.241 e. The van der Waals surface area contributed by atoms with Crippen LogP contribution < -0.4 is 4.72 Å². The Balaban J connectivity index is 1.42. The van der Waals surface area contributed by atoms with Crippen molar-refractivity contribution < 1.29 is 8.42 Å². The van der Waals surface area contributed by atoms with Crippen LogP contribution in [0.4, 0.5) is 0 Å². The summed E-state index contributed by atoms with van der Waals surface area (Å²) < 4.78 is 28.6. The number of benzene rings is 2. The van der Waals surface area contributed by atoms with Gasteiger partial charge in [0.25, 0.3) is 0 Å². The van der Waals surface area contributed by atoms with Crippen molar-refractivity contribution >= 4 is 20.9 Å². The second-order valence-corrected chi connectivity index (χ2v) is 9.74.